The molecule has 0 aliphatic rings. The van der Waals surface area contributed by atoms with Gasteiger partial charge < -0.3 is 0 Å². The van der Waals surface area contributed by atoms with Gasteiger partial charge in [0.1, 0.15) is 10.4 Å². The standard InChI is InChI=1S/H3N3Si/c1-2-3-4/h4H3. The maximum atomic E-state index is 7.37. The Morgan fingerprint density at radius 1 is 2.00 bits per heavy atom. The Hall–Kier alpha value is -0.473. The largest absolute Gasteiger partial charge is 0.136 e. The summed E-state index contributed by atoms with van der Waals surface area (Å²) in [6.07, 6.45) is 0. The Labute approximate surface area is 26.8 Å². The molecule has 0 bridgehead atoms. The molecule has 0 aromatic rings. The van der Waals surface area contributed by atoms with Crippen LogP contribution in [0.1, 0.15) is 0 Å². The van der Waals surface area contributed by atoms with E-state index in [1.165, 1.54) is 0 Å². The first-order chi connectivity index (χ1) is 1.91. The van der Waals surface area contributed by atoms with Crippen molar-refractivity contribution in [1.29, 1.82) is 0 Å². The van der Waals surface area contributed by atoms with Crippen molar-refractivity contribution >= 4 is 10.4 Å². The molecule has 0 aromatic carbocycles. The van der Waals surface area contributed by atoms with Crippen molar-refractivity contribution in [2.24, 2.45) is 4.78 Å². The average molecular weight is 73.1 g/mol. The van der Waals surface area contributed by atoms with Gasteiger partial charge in [-0.25, -0.2) is 0 Å². The summed E-state index contributed by atoms with van der Waals surface area (Å²) in [5.74, 6) is 0. The van der Waals surface area contributed by atoms with Gasteiger partial charge in [-0.05, 0) is 10.4 Å². The minimum absolute atomic E-state index is 0.598. The third-order valence-corrected chi connectivity index (χ3v) is 0.268. The van der Waals surface area contributed by atoms with Crippen LogP contribution >= 0.6 is 0 Å². The molecule has 22 valence electrons. The summed E-state index contributed by atoms with van der Waals surface area (Å²) in [7, 11) is 0.598. The van der Waals surface area contributed by atoms with E-state index in [0.29, 0.717) is 10.4 Å². The minimum atomic E-state index is 0.598. The van der Waals surface area contributed by atoms with Crippen LogP contribution in [-0.2, 0) is 0 Å². The molecule has 4 heavy (non-hydrogen) atoms. The van der Waals surface area contributed by atoms with Gasteiger partial charge in [-0.15, -0.1) is 4.78 Å². The third kappa shape index (κ3) is 1.53. The molecule has 0 saturated carbocycles. The van der Waals surface area contributed by atoms with Gasteiger partial charge in [0.15, 0.2) is 0 Å². The first-order valence-electron chi connectivity index (χ1n) is 0.847. The predicted octanol–water partition coefficient (Wildman–Crippen LogP) is -0.423. The van der Waals surface area contributed by atoms with Crippen molar-refractivity contribution in [2.45, 2.75) is 0 Å². The Morgan fingerprint density at radius 3 is 2.25 bits per heavy atom. The first kappa shape index (κ1) is 3.53. The molecule has 0 amide bonds. The lowest BCUT2D eigenvalue weighted by Crippen LogP contribution is -1.30. The monoisotopic (exact) mass is 73.0 g/mol. The molecule has 0 aliphatic carbocycles. The van der Waals surface area contributed by atoms with Crippen LogP contribution < -0.4 is 0 Å². The van der Waals surface area contributed by atoms with E-state index in [1.54, 1.807) is 0 Å². The Balaban J connectivity index is 3.11. The van der Waals surface area contributed by atoms with E-state index in [9.17, 15) is 0 Å². The van der Waals surface area contributed by atoms with Crippen molar-refractivity contribution in [2.75, 3.05) is 0 Å². The van der Waals surface area contributed by atoms with E-state index in [0.717, 1.165) is 0 Å². The molecule has 0 saturated heterocycles. The maximum absolute atomic E-state index is 7.37. The molecule has 0 unspecified atom stereocenters. The van der Waals surface area contributed by atoms with E-state index < -0.39 is 0 Å². The topological polar surface area (TPSA) is 48.8 Å². The second-order valence-corrected chi connectivity index (χ2v) is 0.689. The highest BCUT2D eigenvalue weighted by Crippen LogP contribution is 1.44. The first-order valence-corrected chi connectivity index (χ1v) is 1.74. The van der Waals surface area contributed by atoms with Crippen LogP contribution in [-0.4, -0.2) is 10.4 Å². The Bertz CT molecular complexity index is 41.2. The SMILES string of the molecule is [N-]=[N+]=N[SiH3]. The molecular weight excluding hydrogens is 70.1 g/mol. The summed E-state index contributed by atoms with van der Waals surface area (Å²) in [6, 6.07) is 0. The zero-order valence-corrected chi connectivity index (χ0v) is 4.34. The van der Waals surface area contributed by atoms with E-state index in [-0.39, 0.29) is 0 Å². The van der Waals surface area contributed by atoms with Crippen LogP contribution in [0.4, 0.5) is 0 Å². The molecule has 4 heteroatoms. The number of hydrogen-bond acceptors (Lipinski definition) is 1. The number of nitrogens with zero attached hydrogens (tertiary/aromatic N) is 3. The van der Waals surface area contributed by atoms with Crippen molar-refractivity contribution in [3.8, 4) is 0 Å². The van der Waals surface area contributed by atoms with Gasteiger partial charge >= 0.3 is 0 Å². The van der Waals surface area contributed by atoms with Crippen LogP contribution in [0.25, 0.3) is 10.4 Å². The van der Waals surface area contributed by atoms with Crippen molar-refractivity contribution in [1.82, 2.24) is 0 Å². The molecule has 3 nitrogen and oxygen atoms in total. The summed E-state index contributed by atoms with van der Waals surface area (Å²) in [5, 5.41) is 0. The fourth-order valence-electron chi connectivity index (χ4n) is 0. The van der Waals surface area contributed by atoms with Crippen LogP contribution in [0.15, 0.2) is 4.78 Å². The van der Waals surface area contributed by atoms with Gasteiger partial charge in [-0.1, -0.05) is 0 Å². The van der Waals surface area contributed by atoms with Crippen LogP contribution in [0, 0.1) is 0 Å². The summed E-state index contributed by atoms with van der Waals surface area (Å²) in [4.78, 5) is 2.42. The summed E-state index contributed by atoms with van der Waals surface area (Å²) < 4.78 is 3.06. The number of azide groups is 1. The second kappa shape index (κ2) is 2.53. The molecule has 0 heterocycles. The van der Waals surface area contributed by atoms with Gasteiger partial charge in [0.2, 0.25) is 0 Å². The lowest BCUT2D eigenvalue weighted by Gasteiger charge is -1.34. The highest BCUT2D eigenvalue weighted by Gasteiger charge is 1.28. The molecule has 0 rings (SSSR count). The highest BCUT2D eigenvalue weighted by atomic mass is 28.2. The third-order valence-electron chi connectivity index (χ3n) is 0.0894. The molecule has 0 N–H and O–H groups in total. The summed E-state index contributed by atoms with van der Waals surface area (Å²) in [5.41, 5.74) is 7.37. The lowest BCUT2D eigenvalue weighted by molar-refractivity contribution is 1.78. The summed E-state index contributed by atoms with van der Waals surface area (Å²) >= 11 is 0. The predicted molar refractivity (Wildman–Crippen MR) is 19.1 cm³/mol. The van der Waals surface area contributed by atoms with E-state index in [2.05, 4.69) is 9.69 Å². The van der Waals surface area contributed by atoms with Crippen LogP contribution in [0.5, 0.6) is 0 Å². The normalized spacial score (nSPS) is 5.00. The smallest absolute Gasteiger partial charge is 0.107 e. The molecule has 0 aromatic heterocycles. The van der Waals surface area contributed by atoms with Crippen LogP contribution in [0.3, 0.4) is 0 Å². The number of rotatable bonds is 0. The molecule has 0 spiro atoms. The molecule has 0 atom stereocenters. The quantitative estimate of drug-likeness (QED) is 0.162. The molecular formula is H3N3Si. The zero-order chi connectivity index (χ0) is 3.41. The summed E-state index contributed by atoms with van der Waals surface area (Å²) in [6.45, 7) is 0. The van der Waals surface area contributed by atoms with Gasteiger partial charge in [0.25, 0.3) is 0 Å². The van der Waals surface area contributed by atoms with Gasteiger partial charge in [0, 0.05) is 0 Å². The molecule has 0 fully saturated rings. The van der Waals surface area contributed by atoms with Gasteiger partial charge in [0.05, 0.1) is 0 Å². The van der Waals surface area contributed by atoms with E-state index >= 15 is 0 Å². The molecule has 0 aliphatic heterocycles. The Morgan fingerprint density at radius 2 is 2.25 bits per heavy atom. The fourth-order valence-corrected chi connectivity index (χ4v) is 0. The number of hydrogen-bond donors (Lipinski definition) is 0. The van der Waals surface area contributed by atoms with E-state index in [1.807, 2.05) is 0 Å². The van der Waals surface area contributed by atoms with Crippen molar-refractivity contribution < 1.29 is 0 Å². The average Bonchev–Trinajstić information content (AvgIpc) is 1.37. The maximum Gasteiger partial charge on any atom is 0.107 e. The van der Waals surface area contributed by atoms with Crippen molar-refractivity contribution in [3.05, 3.63) is 10.4 Å². The van der Waals surface area contributed by atoms with E-state index in [4.69, 9.17) is 5.53 Å². The molecule has 0 radical (unpaired) electrons. The fraction of sp³-hybridized carbons (Fsp3) is 0. The van der Waals surface area contributed by atoms with Gasteiger partial charge in [-0.2, -0.15) is 0 Å². The lowest BCUT2D eigenvalue weighted by atomic mass is 13.0. The highest BCUT2D eigenvalue weighted by molar-refractivity contribution is 6.05. The van der Waals surface area contributed by atoms with Gasteiger partial charge in [-0.3, -0.25) is 0 Å². The second-order valence-electron chi connectivity index (χ2n) is 0.289. The Kier molecular flexibility index (Phi) is 2.23. The zero-order valence-electron chi connectivity index (χ0n) is 2.34. The van der Waals surface area contributed by atoms with Crippen molar-refractivity contribution in [3.63, 3.8) is 0 Å². The minimum Gasteiger partial charge on any atom is -0.136 e. The van der Waals surface area contributed by atoms with Crippen LogP contribution in [0.2, 0.25) is 0 Å².